The van der Waals surface area contributed by atoms with Crippen molar-refractivity contribution in [3.8, 4) is 0 Å². The number of nitrogens with one attached hydrogen (secondary N) is 2. The number of hydrogen-bond donors (Lipinski definition) is 2. The number of nitrogens with zero attached hydrogens (tertiary/aromatic N) is 1. The minimum atomic E-state index is -0.132. The molecule has 2 N–H and O–H groups in total. The summed E-state index contributed by atoms with van der Waals surface area (Å²) in [5.74, 6) is -0.176. The minimum Gasteiger partial charge on any atom is -0.349 e. The molecule has 2 saturated carbocycles. The topological polar surface area (TPSA) is 71.1 Å². The van der Waals surface area contributed by atoms with Gasteiger partial charge in [0.2, 0.25) is 5.91 Å². The zero-order valence-electron chi connectivity index (χ0n) is 14.2. The SMILES string of the molecule is C=CC(=O)NC1CC(NC(=O)c2ccc3nc(C)sc3c2)C12CCC2. The number of benzene rings is 1. The summed E-state index contributed by atoms with van der Waals surface area (Å²) in [5, 5.41) is 7.20. The van der Waals surface area contributed by atoms with E-state index in [1.807, 2.05) is 25.1 Å². The van der Waals surface area contributed by atoms with E-state index in [2.05, 4.69) is 22.2 Å². The summed E-state index contributed by atoms with van der Waals surface area (Å²) in [5.41, 5.74) is 1.63. The highest BCUT2D eigenvalue weighted by Crippen LogP contribution is 2.56. The monoisotopic (exact) mass is 355 g/mol. The fourth-order valence-corrected chi connectivity index (χ4v) is 4.99. The van der Waals surface area contributed by atoms with Crippen molar-refractivity contribution in [3.05, 3.63) is 41.4 Å². The van der Waals surface area contributed by atoms with E-state index in [0.717, 1.165) is 40.9 Å². The molecule has 1 aromatic heterocycles. The van der Waals surface area contributed by atoms with E-state index in [1.165, 1.54) is 6.08 Å². The third-order valence-electron chi connectivity index (χ3n) is 5.71. The summed E-state index contributed by atoms with van der Waals surface area (Å²) < 4.78 is 1.04. The van der Waals surface area contributed by atoms with Crippen LogP contribution in [0.1, 0.15) is 41.0 Å². The number of aromatic nitrogens is 1. The van der Waals surface area contributed by atoms with Gasteiger partial charge in [0.1, 0.15) is 0 Å². The number of carbonyl (C=O) groups is 2. The average molecular weight is 355 g/mol. The molecule has 1 aromatic carbocycles. The third-order valence-corrected chi connectivity index (χ3v) is 6.64. The molecule has 2 aliphatic rings. The molecule has 6 heteroatoms. The fourth-order valence-electron chi connectivity index (χ4n) is 4.13. The molecule has 0 aliphatic heterocycles. The van der Waals surface area contributed by atoms with E-state index in [0.29, 0.717) is 5.56 Å². The van der Waals surface area contributed by atoms with Crippen LogP contribution in [0, 0.1) is 12.3 Å². The van der Waals surface area contributed by atoms with Crippen LogP contribution in [0.2, 0.25) is 0 Å². The molecule has 0 saturated heterocycles. The Balaban J connectivity index is 1.47. The van der Waals surface area contributed by atoms with Gasteiger partial charge in [-0.2, -0.15) is 0 Å². The smallest absolute Gasteiger partial charge is 0.251 e. The van der Waals surface area contributed by atoms with E-state index < -0.39 is 0 Å². The van der Waals surface area contributed by atoms with Gasteiger partial charge in [0.25, 0.3) is 5.91 Å². The molecule has 2 atom stereocenters. The Bertz CT molecular complexity index is 869. The second-order valence-electron chi connectivity index (χ2n) is 7.03. The Morgan fingerprint density at radius 1 is 1.32 bits per heavy atom. The van der Waals surface area contributed by atoms with Crippen LogP contribution in [0.3, 0.4) is 0 Å². The first-order valence-electron chi connectivity index (χ1n) is 8.63. The van der Waals surface area contributed by atoms with Gasteiger partial charge in [0.05, 0.1) is 15.2 Å². The van der Waals surface area contributed by atoms with Crippen molar-refractivity contribution in [2.24, 2.45) is 5.41 Å². The molecular weight excluding hydrogens is 334 g/mol. The van der Waals surface area contributed by atoms with Gasteiger partial charge < -0.3 is 10.6 Å². The molecule has 130 valence electrons. The lowest BCUT2D eigenvalue weighted by molar-refractivity contribution is -0.123. The Morgan fingerprint density at radius 2 is 2.08 bits per heavy atom. The van der Waals surface area contributed by atoms with Crippen molar-refractivity contribution in [2.75, 3.05) is 0 Å². The highest BCUT2D eigenvalue weighted by atomic mass is 32.1. The zero-order valence-corrected chi connectivity index (χ0v) is 15.0. The summed E-state index contributed by atoms with van der Waals surface area (Å²) in [4.78, 5) is 28.7. The van der Waals surface area contributed by atoms with Crippen LogP contribution in [0.4, 0.5) is 0 Å². The Morgan fingerprint density at radius 3 is 2.76 bits per heavy atom. The summed E-state index contributed by atoms with van der Waals surface area (Å²) >= 11 is 1.60. The molecule has 2 aliphatic carbocycles. The zero-order chi connectivity index (χ0) is 17.6. The molecule has 2 unspecified atom stereocenters. The molecule has 0 radical (unpaired) electrons. The summed E-state index contributed by atoms with van der Waals surface area (Å²) in [6.45, 7) is 5.48. The molecule has 1 spiro atoms. The van der Waals surface area contributed by atoms with Gasteiger partial charge in [-0.15, -0.1) is 11.3 Å². The maximum atomic E-state index is 12.7. The molecule has 25 heavy (non-hydrogen) atoms. The van der Waals surface area contributed by atoms with E-state index >= 15 is 0 Å². The Kier molecular flexibility index (Phi) is 3.87. The third kappa shape index (κ3) is 2.65. The van der Waals surface area contributed by atoms with Gasteiger partial charge in [-0.25, -0.2) is 4.98 Å². The largest absolute Gasteiger partial charge is 0.349 e. The highest BCUT2D eigenvalue weighted by molar-refractivity contribution is 7.18. The predicted octanol–water partition coefficient (Wildman–Crippen LogP) is 2.95. The van der Waals surface area contributed by atoms with Crippen LogP contribution >= 0.6 is 11.3 Å². The van der Waals surface area contributed by atoms with E-state index in [-0.39, 0.29) is 29.3 Å². The van der Waals surface area contributed by atoms with Crippen molar-refractivity contribution in [1.29, 1.82) is 0 Å². The van der Waals surface area contributed by atoms with Crippen molar-refractivity contribution in [2.45, 2.75) is 44.7 Å². The van der Waals surface area contributed by atoms with Gasteiger partial charge in [-0.1, -0.05) is 13.0 Å². The number of amides is 2. The number of carbonyl (C=O) groups excluding carboxylic acids is 2. The molecule has 0 bridgehead atoms. The van der Waals surface area contributed by atoms with E-state index in [4.69, 9.17) is 0 Å². The standard InChI is InChI=1S/C19H21N3O2S/c1-3-17(23)21-15-10-16(19(15)7-4-8-19)22-18(24)12-5-6-13-14(9-12)25-11(2)20-13/h3,5-6,9,15-16H,1,4,7-8,10H2,2H3,(H,21,23)(H,22,24). The van der Waals surface area contributed by atoms with Crippen molar-refractivity contribution >= 4 is 33.4 Å². The first kappa shape index (κ1) is 16.3. The molecule has 5 nitrogen and oxygen atoms in total. The molecule has 2 aromatic rings. The number of fused-ring (bicyclic) bond motifs is 1. The predicted molar refractivity (Wildman–Crippen MR) is 98.6 cm³/mol. The summed E-state index contributed by atoms with van der Waals surface area (Å²) in [6.07, 6.45) is 5.34. The summed E-state index contributed by atoms with van der Waals surface area (Å²) in [7, 11) is 0. The number of hydrogen-bond acceptors (Lipinski definition) is 4. The summed E-state index contributed by atoms with van der Waals surface area (Å²) in [6, 6.07) is 5.92. The van der Waals surface area contributed by atoms with E-state index in [9.17, 15) is 9.59 Å². The second kappa shape index (κ2) is 5.95. The van der Waals surface area contributed by atoms with E-state index in [1.54, 1.807) is 11.3 Å². The van der Waals surface area contributed by atoms with Crippen molar-refractivity contribution in [1.82, 2.24) is 15.6 Å². The first-order valence-corrected chi connectivity index (χ1v) is 9.44. The number of thiazole rings is 1. The van der Waals surface area contributed by atoms with Crippen molar-refractivity contribution in [3.63, 3.8) is 0 Å². The molecule has 1 heterocycles. The van der Waals surface area contributed by atoms with Crippen LogP contribution in [-0.4, -0.2) is 28.9 Å². The Labute approximate surface area is 150 Å². The lowest BCUT2D eigenvalue weighted by Gasteiger charge is -2.61. The first-order chi connectivity index (χ1) is 12.0. The van der Waals surface area contributed by atoms with Crippen LogP contribution in [0.5, 0.6) is 0 Å². The van der Waals surface area contributed by atoms with Gasteiger partial charge in [-0.05, 0) is 50.5 Å². The molecule has 2 fully saturated rings. The average Bonchev–Trinajstić information content (AvgIpc) is 2.90. The van der Waals surface area contributed by atoms with Crippen molar-refractivity contribution < 1.29 is 9.59 Å². The second-order valence-corrected chi connectivity index (χ2v) is 8.26. The fraction of sp³-hybridized carbons (Fsp3) is 0.421. The lowest BCUT2D eigenvalue weighted by Crippen LogP contribution is -2.71. The molecular formula is C19H21N3O2S. The van der Waals surface area contributed by atoms with Gasteiger partial charge in [0.15, 0.2) is 0 Å². The van der Waals surface area contributed by atoms with Crippen LogP contribution < -0.4 is 10.6 Å². The molecule has 2 amide bonds. The van der Waals surface area contributed by atoms with Crippen LogP contribution in [0.25, 0.3) is 10.2 Å². The Hall–Kier alpha value is -2.21. The quantitative estimate of drug-likeness (QED) is 0.829. The maximum absolute atomic E-state index is 12.7. The van der Waals surface area contributed by atoms with Gasteiger partial charge in [-0.3, -0.25) is 9.59 Å². The molecule has 4 rings (SSSR count). The number of aryl methyl sites for hydroxylation is 1. The lowest BCUT2D eigenvalue weighted by atomic mass is 9.49. The maximum Gasteiger partial charge on any atom is 0.251 e. The van der Waals surface area contributed by atoms with Gasteiger partial charge >= 0.3 is 0 Å². The minimum absolute atomic E-state index is 0.0273. The highest BCUT2D eigenvalue weighted by Gasteiger charge is 2.59. The number of rotatable bonds is 4. The van der Waals surface area contributed by atoms with Gasteiger partial charge in [0, 0.05) is 23.1 Å². The van der Waals surface area contributed by atoms with Crippen LogP contribution in [-0.2, 0) is 4.79 Å². The van der Waals surface area contributed by atoms with Crippen LogP contribution in [0.15, 0.2) is 30.9 Å². The normalized spacial score (nSPS) is 23.6.